The second-order valence-corrected chi connectivity index (χ2v) is 3.78. The summed E-state index contributed by atoms with van der Waals surface area (Å²) in [7, 11) is 0. The fraction of sp³-hybridized carbons (Fsp3) is 0.333. The molecule has 0 amide bonds. The Hall–Kier alpha value is -1.29. The highest BCUT2D eigenvalue weighted by Gasteiger charge is 2.11. The summed E-state index contributed by atoms with van der Waals surface area (Å²) < 4.78 is 1.93. The highest BCUT2D eigenvalue weighted by molar-refractivity contribution is 6.29. The predicted molar refractivity (Wildman–Crippen MR) is 57.3 cm³/mol. The summed E-state index contributed by atoms with van der Waals surface area (Å²) >= 11 is 6.00. The average Bonchev–Trinajstić information content (AvgIpc) is 2.40. The topological polar surface area (TPSA) is 56.7 Å². The standard InChI is InChI=1S/C9H11ClN4/c1-5(2)14-7-3-8(11)12-4-6(7)13-9(14)10/h3-5H,1-2H3,(H2,11,12). The molecule has 14 heavy (non-hydrogen) atoms. The first kappa shape index (κ1) is 9.27. The van der Waals surface area contributed by atoms with Crippen molar-refractivity contribution in [1.29, 1.82) is 0 Å². The lowest BCUT2D eigenvalue weighted by atomic mass is 10.3. The zero-order valence-electron chi connectivity index (χ0n) is 8.03. The number of aromatic nitrogens is 3. The number of hydrogen-bond acceptors (Lipinski definition) is 3. The maximum Gasteiger partial charge on any atom is 0.204 e. The van der Waals surface area contributed by atoms with E-state index in [4.69, 9.17) is 17.3 Å². The third-order valence-corrected chi connectivity index (χ3v) is 2.34. The van der Waals surface area contributed by atoms with Crippen molar-refractivity contribution >= 4 is 28.5 Å². The van der Waals surface area contributed by atoms with E-state index in [1.165, 1.54) is 0 Å². The summed E-state index contributed by atoms with van der Waals surface area (Å²) in [6, 6.07) is 2.04. The van der Waals surface area contributed by atoms with E-state index < -0.39 is 0 Å². The summed E-state index contributed by atoms with van der Waals surface area (Å²) in [5.74, 6) is 0.482. The van der Waals surface area contributed by atoms with Crippen LogP contribution in [-0.2, 0) is 0 Å². The van der Waals surface area contributed by atoms with Crippen LogP contribution in [-0.4, -0.2) is 14.5 Å². The largest absolute Gasteiger partial charge is 0.384 e. The minimum Gasteiger partial charge on any atom is -0.384 e. The highest BCUT2D eigenvalue weighted by Crippen LogP contribution is 2.24. The van der Waals surface area contributed by atoms with Crippen molar-refractivity contribution in [2.45, 2.75) is 19.9 Å². The first-order valence-electron chi connectivity index (χ1n) is 4.38. The molecule has 74 valence electrons. The number of anilines is 1. The number of pyridine rings is 1. The van der Waals surface area contributed by atoms with E-state index in [2.05, 4.69) is 9.97 Å². The molecular formula is C9H11ClN4. The molecule has 0 aromatic carbocycles. The highest BCUT2D eigenvalue weighted by atomic mass is 35.5. The normalized spacial score (nSPS) is 11.4. The molecular weight excluding hydrogens is 200 g/mol. The Labute approximate surface area is 86.7 Å². The Balaban J connectivity index is 2.79. The van der Waals surface area contributed by atoms with Gasteiger partial charge in [-0.2, -0.15) is 0 Å². The van der Waals surface area contributed by atoms with Gasteiger partial charge in [-0.05, 0) is 25.4 Å². The summed E-state index contributed by atoms with van der Waals surface area (Å²) in [5, 5.41) is 0.474. The van der Waals surface area contributed by atoms with Gasteiger partial charge in [0.1, 0.15) is 11.3 Å². The third kappa shape index (κ3) is 1.32. The molecule has 2 N–H and O–H groups in total. The number of imidazole rings is 1. The first-order valence-corrected chi connectivity index (χ1v) is 4.76. The molecule has 0 atom stereocenters. The number of nitrogen functional groups attached to an aromatic ring is 1. The molecule has 0 saturated carbocycles. The van der Waals surface area contributed by atoms with Gasteiger partial charge in [0, 0.05) is 12.1 Å². The molecule has 2 aromatic rings. The average molecular weight is 211 g/mol. The van der Waals surface area contributed by atoms with Crippen LogP contribution in [0.25, 0.3) is 11.0 Å². The summed E-state index contributed by atoms with van der Waals surface area (Å²) in [4.78, 5) is 8.15. The zero-order valence-corrected chi connectivity index (χ0v) is 8.78. The first-order chi connectivity index (χ1) is 6.59. The van der Waals surface area contributed by atoms with Gasteiger partial charge in [0.15, 0.2) is 0 Å². The molecule has 0 unspecified atom stereocenters. The minimum absolute atomic E-state index is 0.259. The van der Waals surface area contributed by atoms with Gasteiger partial charge in [-0.15, -0.1) is 0 Å². The second kappa shape index (κ2) is 3.13. The Morgan fingerprint density at radius 3 is 2.86 bits per heavy atom. The van der Waals surface area contributed by atoms with Gasteiger partial charge in [-0.1, -0.05) is 0 Å². The van der Waals surface area contributed by atoms with Crippen LogP contribution in [0.1, 0.15) is 19.9 Å². The molecule has 0 fully saturated rings. The zero-order chi connectivity index (χ0) is 10.3. The van der Waals surface area contributed by atoms with Crippen molar-refractivity contribution in [2.24, 2.45) is 0 Å². The van der Waals surface area contributed by atoms with Gasteiger partial charge in [-0.25, -0.2) is 9.97 Å². The Morgan fingerprint density at radius 2 is 2.21 bits per heavy atom. The maximum absolute atomic E-state index is 6.00. The maximum atomic E-state index is 6.00. The van der Waals surface area contributed by atoms with Crippen LogP contribution < -0.4 is 5.73 Å². The lowest BCUT2D eigenvalue weighted by Crippen LogP contribution is -2.00. The van der Waals surface area contributed by atoms with Gasteiger partial charge in [0.05, 0.1) is 11.7 Å². The number of hydrogen-bond donors (Lipinski definition) is 1. The van der Waals surface area contributed by atoms with E-state index in [0.717, 1.165) is 11.0 Å². The number of halogens is 1. The monoisotopic (exact) mass is 210 g/mol. The van der Waals surface area contributed by atoms with Gasteiger partial charge in [-0.3, -0.25) is 0 Å². The van der Waals surface area contributed by atoms with Crippen molar-refractivity contribution in [1.82, 2.24) is 14.5 Å². The predicted octanol–water partition coefficient (Wildman–Crippen LogP) is 2.25. The van der Waals surface area contributed by atoms with Gasteiger partial charge in [0.25, 0.3) is 0 Å². The van der Waals surface area contributed by atoms with Crippen molar-refractivity contribution in [3.63, 3.8) is 0 Å². The van der Waals surface area contributed by atoms with Gasteiger partial charge >= 0.3 is 0 Å². The summed E-state index contributed by atoms with van der Waals surface area (Å²) in [6.45, 7) is 4.09. The van der Waals surface area contributed by atoms with Crippen LogP contribution in [0.4, 0.5) is 5.82 Å². The molecule has 5 heteroatoms. The van der Waals surface area contributed by atoms with E-state index in [-0.39, 0.29) is 6.04 Å². The summed E-state index contributed by atoms with van der Waals surface area (Å²) in [5.41, 5.74) is 7.31. The second-order valence-electron chi connectivity index (χ2n) is 3.44. The molecule has 0 saturated heterocycles. The SMILES string of the molecule is CC(C)n1c(Cl)nc2cnc(N)cc21. The van der Waals surface area contributed by atoms with E-state index in [1.54, 1.807) is 12.3 Å². The third-order valence-electron chi connectivity index (χ3n) is 2.07. The quantitative estimate of drug-likeness (QED) is 0.786. The number of fused-ring (bicyclic) bond motifs is 1. The molecule has 0 aliphatic carbocycles. The van der Waals surface area contributed by atoms with Crippen LogP contribution in [0.3, 0.4) is 0 Å². The van der Waals surface area contributed by atoms with Crippen LogP contribution in [0.15, 0.2) is 12.3 Å². The molecule has 0 radical (unpaired) electrons. The lowest BCUT2D eigenvalue weighted by Gasteiger charge is -2.09. The lowest BCUT2D eigenvalue weighted by molar-refractivity contribution is 0.618. The molecule has 2 heterocycles. The smallest absolute Gasteiger partial charge is 0.204 e. The fourth-order valence-electron chi connectivity index (χ4n) is 1.48. The van der Waals surface area contributed by atoms with Crippen molar-refractivity contribution < 1.29 is 0 Å². The molecule has 0 spiro atoms. The number of rotatable bonds is 1. The van der Waals surface area contributed by atoms with Crippen LogP contribution in [0.2, 0.25) is 5.28 Å². The molecule has 4 nitrogen and oxygen atoms in total. The molecule has 0 aliphatic heterocycles. The van der Waals surface area contributed by atoms with Gasteiger partial charge in [0.2, 0.25) is 5.28 Å². The summed E-state index contributed by atoms with van der Waals surface area (Å²) in [6.07, 6.45) is 1.63. The van der Waals surface area contributed by atoms with Crippen LogP contribution >= 0.6 is 11.6 Å². The van der Waals surface area contributed by atoms with E-state index >= 15 is 0 Å². The molecule has 2 aromatic heterocycles. The van der Waals surface area contributed by atoms with E-state index in [0.29, 0.717) is 11.1 Å². The van der Waals surface area contributed by atoms with Crippen molar-refractivity contribution in [3.8, 4) is 0 Å². The number of nitrogens with zero attached hydrogens (tertiary/aromatic N) is 3. The fourth-order valence-corrected chi connectivity index (χ4v) is 1.85. The van der Waals surface area contributed by atoms with Gasteiger partial charge < -0.3 is 10.3 Å². The minimum atomic E-state index is 0.259. The Kier molecular flexibility index (Phi) is 2.07. The molecule has 0 bridgehead atoms. The van der Waals surface area contributed by atoms with Crippen molar-refractivity contribution in [3.05, 3.63) is 17.5 Å². The number of nitrogens with two attached hydrogens (primary N) is 1. The van der Waals surface area contributed by atoms with Crippen LogP contribution in [0, 0.1) is 0 Å². The van der Waals surface area contributed by atoms with E-state index in [9.17, 15) is 0 Å². The van der Waals surface area contributed by atoms with Crippen molar-refractivity contribution in [2.75, 3.05) is 5.73 Å². The molecule has 0 aliphatic rings. The Morgan fingerprint density at radius 1 is 1.50 bits per heavy atom. The Bertz CT molecular complexity index is 475. The molecule has 2 rings (SSSR count). The van der Waals surface area contributed by atoms with Crippen LogP contribution in [0.5, 0.6) is 0 Å². The van der Waals surface area contributed by atoms with E-state index in [1.807, 2.05) is 18.4 Å².